The molecule has 2 aromatic heterocycles. The van der Waals surface area contributed by atoms with Gasteiger partial charge in [0.2, 0.25) is 0 Å². The monoisotopic (exact) mass is 376 g/mol. The Kier molecular flexibility index (Phi) is 4.79. The van der Waals surface area contributed by atoms with Crippen molar-refractivity contribution in [2.45, 2.75) is 27.2 Å². The second-order valence-electron chi connectivity index (χ2n) is 9.24. The van der Waals surface area contributed by atoms with Crippen LogP contribution in [0.5, 0.6) is 0 Å². The van der Waals surface area contributed by atoms with E-state index in [1.807, 2.05) is 25.6 Å². The number of ketones is 1. The van der Waals surface area contributed by atoms with Gasteiger partial charge in [-0.3, -0.25) is 14.5 Å². The Labute approximate surface area is 166 Å². The lowest BCUT2D eigenvalue weighted by Crippen LogP contribution is -2.53. The van der Waals surface area contributed by atoms with Crippen LogP contribution in [0.15, 0.2) is 42.9 Å². The maximum Gasteiger partial charge on any atom is 0.144 e. The Morgan fingerprint density at radius 1 is 1.11 bits per heavy atom. The van der Waals surface area contributed by atoms with E-state index in [1.54, 1.807) is 4.68 Å². The minimum absolute atomic E-state index is 0.154. The van der Waals surface area contributed by atoms with Gasteiger partial charge in [-0.1, -0.05) is 32.9 Å². The molecule has 0 aliphatic carbocycles. The van der Waals surface area contributed by atoms with Crippen molar-refractivity contribution in [3.63, 3.8) is 0 Å². The summed E-state index contributed by atoms with van der Waals surface area (Å²) in [5.41, 5.74) is 3.35. The highest BCUT2D eigenvalue weighted by Gasteiger charge is 2.34. The van der Waals surface area contributed by atoms with Gasteiger partial charge in [0.1, 0.15) is 5.78 Å². The topological polar surface area (TPSA) is 51.0 Å². The van der Waals surface area contributed by atoms with Crippen LogP contribution in [0, 0.1) is 11.3 Å². The number of hydrogen-bond acceptors (Lipinski definition) is 4. The summed E-state index contributed by atoms with van der Waals surface area (Å²) in [4.78, 5) is 19.5. The highest BCUT2D eigenvalue weighted by molar-refractivity contribution is 5.89. The van der Waals surface area contributed by atoms with Crippen LogP contribution in [-0.2, 0) is 18.3 Å². The van der Waals surface area contributed by atoms with Gasteiger partial charge in [0.05, 0.1) is 6.20 Å². The molecule has 3 aromatic rings. The number of aryl methyl sites for hydroxylation is 1. The Morgan fingerprint density at radius 3 is 2.57 bits per heavy atom. The zero-order valence-electron chi connectivity index (χ0n) is 17.1. The third-order valence-corrected chi connectivity index (χ3v) is 5.28. The number of aromatic nitrogens is 3. The maximum absolute atomic E-state index is 12.7. The van der Waals surface area contributed by atoms with Crippen LogP contribution in [0.3, 0.4) is 0 Å². The van der Waals surface area contributed by atoms with E-state index in [4.69, 9.17) is 0 Å². The second-order valence-corrected chi connectivity index (χ2v) is 9.24. The normalized spacial score (nSPS) is 15.7. The van der Waals surface area contributed by atoms with Gasteiger partial charge in [-0.05, 0) is 28.5 Å². The quantitative estimate of drug-likeness (QED) is 0.681. The minimum atomic E-state index is 0.154. The molecule has 0 radical (unpaired) electrons. The summed E-state index contributed by atoms with van der Waals surface area (Å²) >= 11 is 0. The number of hydrogen-bond donors (Lipinski definition) is 0. The molecule has 1 aromatic carbocycles. The number of likely N-dealkylation sites (tertiary alicyclic amines) is 1. The Morgan fingerprint density at radius 2 is 1.89 bits per heavy atom. The number of Topliss-reactive ketones (excluding diaryl/α,β-unsaturated/α-hetero) is 1. The lowest BCUT2D eigenvalue weighted by atomic mass is 9.88. The number of nitrogens with zero attached hydrogens (tertiary/aromatic N) is 4. The molecule has 5 nitrogen and oxygen atoms in total. The van der Waals surface area contributed by atoms with Crippen molar-refractivity contribution in [3.05, 3.63) is 48.5 Å². The fraction of sp³-hybridized carbons (Fsp3) is 0.435. The van der Waals surface area contributed by atoms with E-state index in [9.17, 15) is 4.79 Å². The number of carbonyl (C=O) groups excluding carboxylic acids is 1. The van der Waals surface area contributed by atoms with Crippen LogP contribution in [0.1, 0.15) is 26.5 Å². The average molecular weight is 377 g/mol. The first-order valence-corrected chi connectivity index (χ1v) is 9.90. The molecular weight excluding hydrogens is 348 g/mol. The van der Waals surface area contributed by atoms with E-state index < -0.39 is 0 Å². The highest BCUT2D eigenvalue weighted by Crippen LogP contribution is 2.26. The molecule has 1 aliphatic rings. The third kappa shape index (κ3) is 4.14. The molecule has 0 atom stereocenters. The van der Waals surface area contributed by atoms with E-state index in [-0.39, 0.29) is 11.3 Å². The summed E-state index contributed by atoms with van der Waals surface area (Å²) < 4.78 is 1.80. The van der Waals surface area contributed by atoms with Crippen LogP contribution in [0.4, 0.5) is 0 Å². The first kappa shape index (κ1) is 18.8. The van der Waals surface area contributed by atoms with Crippen molar-refractivity contribution in [2.75, 3.05) is 19.6 Å². The third-order valence-electron chi connectivity index (χ3n) is 5.28. The molecule has 0 N–H and O–H groups in total. The minimum Gasteiger partial charge on any atom is -0.301 e. The van der Waals surface area contributed by atoms with E-state index >= 15 is 0 Å². The summed E-state index contributed by atoms with van der Waals surface area (Å²) in [7, 11) is 1.92. The number of pyridine rings is 1. The smallest absolute Gasteiger partial charge is 0.144 e. The summed E-state index contributed by atoms with van der Waals surface area (Å²) in [6, 6.07) is 8.37. The molecule has 1 aliphatic heterocycles. The largest absolute Gasteiger partial charge is 0.301 e. The zero-order valence-corrected chi connectivity index (χ0v) is 17.1. The van der Waals surface area contributed by atoms with Gasteiger partial charge >= 0.3 is 0 Å². The Hall–Kier alpha value is -2.53. The molecule has 0 spiro atoms. The van der Waals surface area contributed by atoms with Crippen molar-refractivity contribution < 1.29 is 4.79 Å². The predicted octanol–water partition coefficient (Wildman–Crippen LogP) is 3.72. The molecule has 3 heterocycles. The second kappa shape index (κ2) is 7.13. The van der Waals surface area contributed by atoms with E-state index in [0.717, 1.165) is 47.2 Å². The van der Waals surface area contributed by atoms with Gasteiger partial charge in [-0.25, -0.2) is 0 Å². The van der Waals surface area contributed by atoms with Gasteiger partial charge in [0, 0.05) is 68.1 Å². The fourth-order valence-electron chi connectivity index (χ4n) is 3.93. The van der Waals surface area contributed by atoms with Crippen LogP contribution in [0.25, 0.3) is 21.9 Å². The molecule has 1 fully saturated rings. The summed E-state index contributed by atoms with van der Waals surface area (Å²) in [5, 5.41) is 6.45. The summed E-state index contributed by atoms with van der Waals surface area (Å²) in [5.74, 6) is 0.460. The van der Waals surface area contributed by atoms with E-state index in [2.05, 4.69) is 60.0 Å². The van der Waals surface area contributed by atoms with Gasteiger partial charge in [-0.2, -0.15) is 5.10 Å². The Balaban J connectivity index is 1.45. The molecule has 1 saturated heterocycles. The number of fused-ring (bicyclic) bond motifs is 1. The lowest BCUT2D eigenvalue weighted by Gasteiger charge is -2.41. The number of benzene rings is 1. The van der Waals surface area contributed by atoms with Crippen molar-refractivity contribution in [1.29, 1.82) is 0 Å². The predicted molar refractivity (Wildman–Crippen MR) is 112 cm³/mol. The molecule has 0 amide bonds. The van der Waals surface area contributed by atoms with Crippen LogP contribution < -0.4 is 0 Å². The molecule has 146 valence electrons. The highest BCUT2D eigenvalue weighted by atomic mass is 16.1. The van der Waals surface area contributed by atoms with Crippen LogP contribution in [-0.4, -0.2) is 45.1 Å². The zero-order chi connectivity index (χ0) is 19.9. The fourth-order valence-corrected chi connectivity index (χ4v) is 3.93. The molecule has 0 saturated carbocycles. The number of rotatable bonds is 5. The van der Waals surface area contributed by atoms with Gasteiger partial charge in [0.25, 0.3) is 0 Å². The molecule has 0 unspecified atom stereocenters. The van der Waals surface area contributed by atoms with Crippen LogP contribution in [0.2, 0.25) is 0 Å². The first-order valence-electron chi connectivity index (χ1n) is 9.90. The van der Waals surface area contributed by atoms with Crippen LogP contribution >= 0.6 is 0 Å². The maximum atomic E-state index is 12.7. The van der Waals surface area contributed by atoms with Crippen molar-refractivity contribution >= 4 is 16.6 Å². The standard InChI is InChI=1S/C23H28N4O/c1-23(2,3)15-27-13-20(14-27)22(28)9-21-8-18-7-16(5-6-17(18)10-24-21)19-11-25-26(4)12-19/h5-8,10-12,20H,9,13-15H2,1-4H3. The first-order chi connectivity index (χ1) is 13.3. The molecule has 4 rings (SSSR count). The molecule has 0 bridgehead atoms. The molecular formula is C23H28N4O. The molecule has 5 heteroatoms. The van der Waals surface area contributed by atoms with E-state index in [0.29, 0.717) is 12.2 Å². The van der Waals surface area contributed by atoms with E-state index in [1.165, 1.54) is 0 Å². The summed E-state index contributed by atoms with van der Waals surface area (Å²) in [6.45, 7) is 9.52. The van der Waals surface area contributed by atoms with Gasteiger partial charge < -0.3 is 4.90 Å². The van der Waals surface area contributed by atoms with Gasteiger partial charge in [-0.15, -0.1) is 0 Å². The van der Waals surface area contributed by atoms with Crippen molar-refractivity contribution in [1.82, 2.24) is 19.7 Å². The summed E-state index contributed by atoms with van der Waals surface area (Å²) in [6.07, 6.45) is 6.16. The lowest BCUT2D eigenvalue weighted by molar-refractivity contribution is -0.127. The average Bonchev–Trinajstić information content (AvgIpc) is 3.02. The number of carbonyl (C=O) groups is 1. The van der Waals surface area contributed by atoms with Gasteiger partial charge in [0.15, 0.2) is 0 Å². The van der Waals surface area contributed by atoms with Crippen molar-refractivity contribution in [3.8, 4) is 11.1 Å². The SMILES string of the molecule is Cn1cc(-c2ccc3cnc(CC(=O)C4CN(CC(C)(C)C)C4)cc3c2)cn1. The Bertz CT molecular complexity index is 1010. The molecule has 28 heavy (non-hydrogen) atoms. The van der Waals surface area contributed by atoms with Crippen molar-refractivity contribution in [2.24, 2.45) is 18.4 Å².